The average molecular weight is 383 g/mol. The number of benzene rings is 2. The Morgan fingerprint density at radius 2 is 1.79 bits per heavy atom. The van der Waals surface area contributed by atoms with E-state index in [1.807, 2.05) is 30.3 Å². The van der Waals surface area contributed by atoms with Crippen molar-refractivity contribution in [2.24, 2.45) is 0 Å². The highest BCUT2D eigenvalue weighted by Crippen LogP contribution is 2.43. The lowest BCUT2D eigenvalue weighted by Gasteiger charge is -2.48. The van der Waals surface area contributed by atoms with E-state index in [2.05, 4.69) is 0 Å². The fourth-order valence-corrected chi connectivity index (χ4v) is 4.43. The van der Waals surface area contributed by atoms with Crippen LogP contribution in [0.3, 0.4) is 0 Å². The molecule has 2 aliphatic heterocycles. The minimum atomic E-state index is -0.403. The zero-order valence-corrected chi connectivity index (χ0v) is 15.9. The minimum absolute atomic E-state index is 0.0593. The molecule has 2 heterocycles. The number of ether oxygens (including phenoxy) is 1. The van der Waals surface area contributed by atoms with Gasteiger partial charge in [-0.25, -0.2) is 4.39 Å². The normalized spacial score (nSPS) is 24.3. The van der Waals surface area contributed by atoms with Crippen LogP contribution in [0.15, 0.2) is 54.6 Å². The Hall–Kier alpha value is -2.24. The third-order valence-corrected chi connectivity index (χ3v) is 5.98. The minimum Gasteiger partial charge on any atom is -0.393 e. The van der Waals surface area contributed by atoms with Crippen LogP contribution in [-0.2, 0) is 16.0 Å². The predicted molar refractivity (Wildman–Crippen MR) is 104 cm³/mol. The summed E-state index contributed by atoms with van der Waals surface area (Å²) in [5.74, 6) is -0.398. The Morgan fingerprint density at radius 1 is 1.11 bits per heavy atom. The van der Waals surface area contributed by atoms with Crippen LogP contribution in [0.5, 0.6) is 0 Å². The van der Waals surface area contributed by atoms with Crippen molar-refractivity contribution in [1.82, 2.24) is 4.90 Å². The van der Waals surface area contributed by atoms with E-state index < -0.39 is 11.7 Å². The first-order valence-corrected chi connectivity index (χ1v) is 9.97. The van der Waals surface area contributed by atoms with E-state index in [0.29, 0.717) is 44.3 Å². The number of rotatable bonds is 3. The molecule has 0 unspecified atom stereocenters. The summed E-state index contributed by atoms with van der Waals surface area (Å²) < 4.78 is 20.3. The maximum absolute atomic E-state index is 13.8. The number of halogens is 1. The number of carbonyl (C=O) groups is 1. The summed E-state index contributed by atoms with van der Waals surface area (Å²) in [6, 6.07) is 16.4. The molecule has 5 heteroatoms. The smallest absolute Gasteiger partial charge is 0.227 e. The summed E-state index contributed by atoms with van der Waals surface area (Å²) >= 11 is 0. The summed E-state index contributed by atoms with van der Waals surface area (Å²) in [5.41, 5.74) is 1.12. The Balaban J connectivity index is 1.40. The van der Waals surface area contributed by atoms with Crippen LogP contribution in [0.4, 0.5) is 4.39 Å². The highest BCUT2D eigenvalue weighted by atomic mass is 19.1. The van der Waals surface area contributed by atoms with Gasteiger partial charge >= 0.3 is 0 Å². The molecule has 2 aromatic rings. The van der Waals surface area contributed by atoms with Gasteiger partial charge in [-0.15, -0.1) is 0 Å². The largest absolute Gasteiger partial charge is 0.393 e. The van der Waals surface area contributed by atoms with Crippen LogP contribution < -0.4 is 0 Å². The molecule has 4 rings (SSSR count). The number of carbonyl (C=O) groups excluding carboxylic acids is 1. The van der Waals surface area contributed by atoms with Gasteiger partial charge in [-0.1, -0.05) is 48.5 Å². The van der Waals surface area contributed by atoms with Gasteiger partial charge in [0.15, 0.2) is 0 Å². The van der Waals surface area contributed by atoms with Crippen LogP contribution in [0.2, 0.25) is 0 Å². The van der Waals surface area contributed by atoms with Gasteiger partial charge in [0, 0.05) is 25.9 Å². The van der Waals surface area contributed by atoms with Gasteiger partial charge in [-0.2, -0.15) is 0 Å². The second-order valence-corrected chi connectivity index (χ2v) is 7.94. The third-order valence-electron chi connectivity index (χ3n) is 5.98. The Bertz CT molecular complexity index is 818. The van der Waals surface area contributed by atoms with E-state index in [4.69, 9.17) is 4.74 Å². The quantitative estimate of drug-likeness (QED) is 0.880. The number of hydrogen-bond donors (Lipinski definition) is 1. The molecular weight excluding hydrogens is 357 g/mol. The Kier molecular flexibility index (Phi) is 5.47. The maximum Gasteiger partial charge on any atom is 0.227 e. The van der Waals surface area contributed by atoms with E-state index in [1.165, 1.54) is 6.07 Å². The van der Waals surface area contributed by atoms with Gasteiger partial charge in [-0.3, -0.25) is 4.79 Å². The molecule has 0 saturated carbocycles. The van der Waals surface area contributed by atoms with Gasteiger partial charge in [0.05, 0.1) is 24.2 Å². The van der Waals surface area contributed by atoms with E-state index in [9.17, 15) is 14.3 Å². The molecule has 28 heavy (non-hydrogen) atoms. The lowest BCUT2D eigenvalue weighted by molar-refractivity contribution is -0.185. The van der Waals surface area contributed by atoms with Crippen molar-refractivity contribution < 1.29 is 19.0 Å². The molecular formula is C23H26FNO3. The lowest BCUT2D eigenvalue weighted by atomic mass is 9.81. The topological polar surface area (TPSA) is 49.8 Å². The highest BCUT2D eigenvalue weighted by Gasteiger charge is 2.44. The van der Waals surface area contributed by atoms with Crippen molar-refractivity contribution in [3.05, 3.63) is 71.5 Å². The van der Waals surface area contributed by atoms with E-state index in [0.717, 1.165) is 5.56 Å². The SMILES string of the molecule is O=C(Cc1ccccc1F)N1CCC2(CC1)C[C@@H](O)C[C@H](c1ccccc1)O2. The molecule has 2 saturated heterocycles. The number of amides is 1. The second kappa shape index (κ2) is 8.02. The van der Waals surface area contributed by atoms with Crippen molar-refractivity contribution in [2.75, 3.05) is 13.1 Å². The molecule has 2 aliphatic rings. The fourth-order valence-electron chi connectivity index (χ4n) is 4.43. The monoisotopic (exact) mass is 383 g/mol. The predicted octanol–water partition coefficient (Wildman–Crippen LogP) is 3.64. The molecule has 2 atom stereocenters. The molecule has 0 aliphatic carbocycles. The van der Waals surface area contributed by atoms with E-state index >= 15 is 0 Å². The van der Waals surface area contributed by atoms with Crippen molar-refractivity contribution in [1.29, 1.82) is 0 Å². The fraction of sp³-hybridized carbons (Fsp3) is 0.435. The molecule has 2 fully saturated rings. The van der Waals surface area contributed by atoms with Gasteiger partial charge < -0.3 is 14.7 Å². The van der Waals surface area contributed by atoms with Crippen molar-refractivity contribution in [3.63, 3.8) is 0 Å². The first kappa shape index (κ1) is 19.1. The molecule has 4 nitrogen and oxygen atoms in total. The third kappa shape index (κ3) is 4.10. The van der Waals surface area contributed by atoms with E-state index in [1.54, 1.807) is 23.1 Å². The number of likely N-dealkylation sites (tertiary alicyclic amines) is 1. The number of nitrogens with zero attached hydrogens (tertiary/aromatic N) is 1. The van der Waals surface area contributed by atoms with Gasteiger partial charge in [0.2, 0.25) is 5.91 Å². The van der Waals surface area contributed by atoms with Crippen LogP contribution >= 0.6 is 0 Å². The zero-order chi connectivity index (χ0) is 19.6. The number of aliphatic hydroxyl groups is 1. The zero-order valence-electron chi connectivity index (χ0n) is 15.9. The molecule has 1 N–H and O–H groups in total. The maximum atomic E-state index is 13.8. The summed E-state index contributed by atoms with van der Waals surface area (Å²) in [7, 11) is 0. The molecule has 0 radical (unpaired) electrons. The highest BCUT2D eigenvalue weighted by molar-refractivity contribution is 5.79. The summed E-state index contributed by atoms with van der Waals surface area (Å²) in [5, 5.41) is 10.5. The second-order valence-electron chi connectivity index (χ2n) is 7.94. The summed E-state index contributed by atoms with van der Waals surface area (Å²) in [6.45, 7) is 1.14. The molecule has 2 aromatic carbocycles. The summed E-state index contributed by atoms with van der Waals surface area (Å²) in [4.78, 5) is 14.4. The van der Waals surface area contributed by atoms with Crippen LogP contribution in [-0.4, -0.2) is 40.7 Å². The molecule has 0 aromatic heterocycles. The van der Waals surface area contributed by atoms with Crippen molar-refractivity contribution >= 4 is 5.91 Å². The average Bonchev–Trinajstić information content (AvgIpc) is 2.70. The standard InChI is InChI=1S/C23H26FNO3/c24-20-9-5-4-8-18(20)14-22(27)25-12-10-23(11-13-25)16-19(26)15-21(28-23)17-6-2-1-3-7-17/h1-9,19,21,26H,10-16H2/t19-,21+/m0/s1. The number of hydrogen-bond acceptors (Lipinski definition) is 3. The number of aliphatic hydroxyl groups excluding tert-OH is 1. The van der Waals surface area contributed by atoms with Crippen molar-refractivity contribution in [3.8, 4) is 0 Å². The molecule has 1 spiro atoms. The van der Waals surface area contributed by atoms with E-state index in [-0.39, 0.29) is 24.2 Å². The lowest BCUT2D eigenvalue weighted by Crippen LogP contribution is -2.52. The van der Waals surface area contributed by atoms with Gasteiger partial charge in [0.25, 0.3) is 0 Å². The van der Waals surface area contributed by atoms with Crippen molar-refractivity contribution in [2.45, 2.75) is 49.9 Å². The van der Waals surface area contributed by atoms with Gasteiger partial charge in [0.1, 0.15) is 5.82 Å². The van der Waals surface area contributed by atoms with Crippen LogP contribution in [0, 0.1) is 5.82 Å². The van der Waals surface area contributed by atoms with Crippen LogP contribution in [0.1, 0.15) is 42.9 Å². The number of piperidine rings is 1. The van der Waals surface area contributed by atoms with Crippen LogP contribution in [0.25, 0.3) is 0 Å². The summed E-state index contributed by atoms with van der Waals surface area (Å²) in [6.07, 6.45) is 2.14. The molecule has 0 bridgehead atoms. The first-order valence-electron chi connectivity index (χ1n) is 9.97. The Morgan fingerprint density at radius 3 is 2.50 bits per heavy atom. The molecule has 1 amide bonds. The first-order chi connectivity index (χ1) is 13.5. The van der Waals surface area contributed by atoms with Gasteiger partial charge in [-0.05, 0) is 30.0 Å². The molecule has 148 valence electrons. The Labute approximate surface area is 164 Å².